The van der Waals surface area contributed by atoms with Crippen molar-refractivity contribution >= 4 is 22.4 Å². The Morgan fingerprint density at radius 3 is 2.64 bits per heavy atom. The summed E-state index contributed by atoms with van der Waals surface area (Å²) >= 11 is 1.70. The molecule has 0 bridgehead atoms. The minimum absolute atomic E-state index is 0.714. The van der Waals surface area contributed by atoms with E-state index in [2.05, 4.69) is 31.6 Å². The number of hydrogen-bond acceptors (Lipinski definition) is 5. The zero-order chi connectivity index (χ0) is 17.5. The average molecular weight is 365 g/mol. The van der Waals surface area contributed by atoms with Gasteiger partial charge in [0, 0.05) is 44.3 Å². The van der Waals surface area contributed by atoms with E-state index in [1.165, 1.54) is 38.9 Å². The van der Waals surface area contributed by atoms with E-state index in [9.17, 15) is 0 Å². The van der Waals surface area contributed by atoms with Gasteiger partial charge in [0.1, 0.15) is 0 Å². The van der Waals surface area contributed by atoms with Crippen LogP contribution in [0.15, 0.2) is 16.6 Å². The second kappa shape index (κ2) is 9.38. The Hall–Kier alpha value is -1.34. The fourth-order valence-electron chi connectivity index (χ4n) is 3.53. The summed E-state index contributed by atoms with van der Waals surface area (Å²) in [5.41, 5.74) is 6.19. The lowest BCUT2D eigenvalue weighted by Gasteiger charge is -2.35. The molecule has 2 saturated heterocycles. The molecule has 2 aliphatic heterocycles. The zero-order valence-corrected chi connectivity index (χ0v) is 16.3. The fourth-order valence-corrected chi connectivity index (χ4v) is 4.22. The number of nitrogens with zero attached hydrogens (tertiary/aromatic N) is 5. The van der Waals surface area contributed by atoms with Crippen LogP contribution in [0.25, 0.3) is 0 Å². The molecule has 0 saturated carbocycles. The quantitative estimate of drug-likeness (QED) is 0.476. The second-order valence-corrected chi connectivity index (χ2v) is 8.13. The van der Waals surface area contributed by atoms with E-state index in [0.717, 1.165) is 50.2 Å². The van der Waals surface area contributed by atoms with Crippen LogP contribution in [0.2, 0.25) is 0 Å². The third kappa shape index (κ3) is 5.57. The Balaban J connectivity index is 1.30. The first-order chi connectivity index (χ1) is 12.2. The lowest BCUT2D eigenvalue weighted by molar-refractivity contribution is 0.190. The maximum atomic E-state index is 6.19. The van der Waals surface area contributed by atoms with Crippen molar-refractivity contribution in [2.45, 2.75) is 32.6 Å². The van der Waals surface area contributed by atoms with E-state index in [0.29, 0.717) is 5.96 Å². The maximum absolute atomic E-state index is 6.19. The van der Waals surface area contributed by atoms with Gasteiger partial charge in [0.05, 0.1) is 0 Å². The first kappa shape index (κ1) is 18.5. The number of thiazole rings is 1. The largest absolute Gasteiger partial charge is 0.370 e. The number of hydrogen-bond donors (Lipinski definition) is 1. The lowest BCUT2D eigenvalue weighted by atomic mass is 9.99. The highest BCUT2D eigenvalue weighted by Gasteiger charge is 2.19. The molecule has 0 atom stereocenters. The first-order valence-corrected chi connectivity index (χ1v) is 10.5. The van der Waals surface area contributed by atoms with Crippen molar-refractivity contribution in [1.29, 1.82) is 0 Å². The van der Waals surface area contributed by atoms with Gasteiger partial charge in [0.25, 0.3) is 0 Å². The molecule has 140 valence electrons. The Bertz CT molecular complexity index is 516. The monoisotopic (exact) mass is 364 g/mol. The summed E-state index contributed by atoms with van der Waals surface area (Å²) in [4.78, 5) is 16.1. The number of anilines is 1. The van der Waals surface area contributed by atoms with Crippen LogP contribution in [0.5, 0.6) is 0 Å². The van der Waals surface area contributed by atoms with Gasteiger partial charge in [-0.15, -0.1) is 11.3 Å². The van der Waals surface area contributed by atoms with Crippen molar-refractivity contribution in [2.75, 3.05) is 57.3 Å². The summed E-state index contributed by atoms with van der Waals surface area (Å²) in [6.45, 7) is 10.8. The van der Waals surface area contributed by atoms with Gasteiger partial charge in [-0.1, -0.05) is 6.92 Å². The molecule has 6 nitrogen and oxygen atoms in total. The summed E-state index contributed by atoms with van der Waals surface area (Å²) < 4.78 is 0. The molecule has 0 aliphatic carbocycles. The molecule has 7 heteroatoms. The van der Waals surface area contributed by atoms with Crippen LogP contribution in [0, 0.1) is 5.92 Å². The number of piperazine rings is 1. The van der Waals surface area contributed by atoms with Crippen molar-refractivity contribution in [1.82, 2.24) is 14.8 Å². The highest BCUT2D eigenvalue weighted by molar-refractivity contribution is 7.13. The number of nitrogens with two attached hydrogens (primary N) is 1. The molecule has 0 unspecified atom stereocenters. The normalized spacial score (nSPS) is 21.1. The van der Waals surface area contributed by atoms with Crippen LogP contribution < -0.4 is 10.6 Å². The summed E-state index contributed by atoms with van der Waals surface area (Å²) in [6.07, 6.45) is 6.94. The molecule has 2 fully saturated rings. The van der Waals surface area contributed by atoms with E-state index in [-0.39, 0.29) is 0 Å². The molecule has 25 heavy (non-hydrogen) atoms. The van der Waals surface area contributed by atoms with E-state index >= 15 is 0 Å². The van der Waals surface area contributed by atoms with Crippen molar-refractivity contribution in [2.24, 2.45) is 16.6 Å². The zero-order valence-electron chi connectivity index (χ0n) is 15.4. The molecule has 2 aliphatic rings. The molecular formula is C18H32N6S. The van der Waals surface area contributed by atoms with Crippen LogP contribution in [0.3, 0.4) is 0 Å². The molecular weight excluding hydrogens is 332 g/mol. The highest BCUT2D eigenvalue weighted by Crippen LogP contribution is 2.19. The first-order valence-electron chi connectivity index (χ1n) is 9.64. The predicted molar refractivity (Wildman–Crippen MR) is 106 cm³/mol. The minimum Gasteiger partial charge on any atom is -0.370 e. The number of rotatable bonds is 6. The van der Waals surface area contributed by atoms with Crippen molar-refractivity contribution < 1.29 is 0 Å². The molecule has 2 N–H and O–H groups in total. The number of unbranched alkanes of at least 4 members (excludes halogenated alkanes) is 1. The van der Waals surface area contributed by atoms with Gasteiger partial charge in [0.15, 0.2) is 11.1 Å². The van der Waals surface area contributed by atoms with E-state index in [1.807, 2.05) is 11.6 Å². The molecule has 3 rings (SSSR count). The number of guanidine groups is 1. The smallest absolute Gasteiger partial charge is 0.191 e. The van der Waals surface area contributed by atoms with Gasteiger partial charge < -0.3 is 20.4 Å². The summed E-state index contributed by atoms with van der Waals surface area (Å²) in [7, 11) is 0. The van der Waals surface area contributed by atoms with Crippen LogP contribution in [0.1, 0.15) is 32.6 Å². The van der Waals surface area contributed by atoms with Gasteiger partial charge in [-0.2, -0.15) is 0 Å². The van der Waals surface area contributed by atoms with Crippen LogP contribution in [-0.4, -0.2) is 73.1 Å². The van der Waals surface area contributed by atoms with Gasteiger partial charge in [-0.25, -0.2) is 4.98 Å². The van der Waals surface area contributed by atoms with Gasteiger partial charge in [-0.05, 0) is 51.2 Å². The maximum Gasteiger partial charge on any atom is 0.191 e. The molecule has 0 amide bonds. The predicted octanol–water partition coefficient (Wildman–Crippen LogP) is 2.09. The number of aliphatic imine (C=N–C) groups is 1. The Kier molecular flexibility index (Phi) is 6.93. The number of piperidine rings is 1. The van der Waals surface area contributed by atoms with Gasteiger partial charge >= 0.3 is 0 Å². The molecule has 0 radical (unpaired) electrons. The summed E-state index contributed by atoms with van der Waals surface area (Å²) in [5.74, 6) is 1.63. The topological polar surface area (TPSA) is 61.0 Å². The van der Waals surface area contributed by atoms with Crippen molar-refractivity contribution in [3.63, 3.8) is 0 Å². The summed E-state index contributed by atoms with van der Waals surface area (Å²) in [6, 6.07) is 0. The van der Waals surface area contributed by atoms with E-state index in [4.69, 9.17) is 5.73 Å². The van der Waals surface area contributed by atoms with Crippen LogP contribution in [0.4, 0.5) is 5.13 Å². The van der Waals surface area contributed by atoms with Gasteiger partial charge in [-0.3, -0.25) is 4.99 Å². The highest BCUT2D eigenvalue weighted by atomic mass is 32.1. The van der Waals surface area contributed by atoms with Crippen LogP contribution in [-0.2, 0) is 0 Å². The molecule has 1 aromatic heterocycles. The summed E-state index contributed by atoms with van der Waals surface area (Å²) in [5, 5.41) is 3.14. The third-order valence-electron chi connectivity index (χ3n) is 5.33. The Labute approximate surface area is 155 Å². The number of aromatic nitrogens is 1. The van der Waals surface area contributed by atoms with Crippen LogP contribution >= 0.6 is 11.3 Å². The molecule has 1 aromatic rings. The van der Waals surface area contributed by atoms with Gasteiger partial charge in [0.2, 0.25) is 0 Å². The SMILES string of the molecule is CC1CCN(CCCCN=C(N)N2CCN(c3nccs3)CC2)CC1. The number of likely N-dealkylation sites (tertiary alicyclic amines) is 1. The standard InChI is InChI=1S/C18H32N6S/c1-16-4-9-22(10-5-16)8-3-2-6-20-17(19)23-11-13-24(14-12-23)18-21-7-15-25-18/h7,15-16H,2-6,8-14H2,1H3,(H2,19,20). The van der Waals surface area contributed by atoms with E-state index < -0.39 is 0 Å². The molecule has 3 heterocycles. The Morgan fingerprint density at radius 1 is 1.20 bits per heavy atom. The average Bonchev–Trinajstić information content (AvgIpc) is 3.18. The lowest BCUT2D eigenvalue weighted by Crippen LogP contribution is -2.51. The van der Waals surface area contributed by atoms with Crippen molar-refractivity contribution in [3.8, 4) is 0 Å². The fraction of sp³-hybridized carbons (Fsp3) is 0.778. The van der Waals surface area contributed by atoms with E-state index in [1.54, 1.807) is 11.3 Å². The third-order valence-corrected chi connectivity index (χ3v) is 6.16. The second-order valence-electron chi connectivity index (χ2n) is 7.26. The van der Waals surface area contributed by atoms with Crippen molar-refractivity contribution in [3.05, 3.63) is 11.6 Å². The molecule has 0 aromatic carbocycles. The Morgan fingerprint density at radius 2 is 1.96 bits per heavy atom. The molecule has 0 spiro atoms. The minimum atomic E-state index is 0.714.